The van der Waals surface area contributed by atoms with Crippen LogP contribution in [0.3, 0.4) is 0 Å². The van der Waals surface area contributed by atoms with Crippen molar-refractivity contribution in [2.75, 3.05) is 18.0 Å². The van der Waals surface area contributed by atoms with Crippen LogP contribution in [0, 0.1) is 0 Å². The third kappa shape index (κ3) is 4.10. The predicted octanol–water partition coefficient (Wildman–Crippen LogP) is 3.69. The van der Waals surface area contributed by atoms with Crippen LogP contribution in [0.15, 0.2) is 47.5 Å². The lowest BCUT2D eigenvalue weighted by Crippen LogP contribution is -2.21. The first-order valence-corrected chi connectivity index (χ1v) is 7.50. The highest BCUT2D eigenvalue weighted by Gasteiger charge is 2.06. The van der Waals surface area contributed by atoms with Crippen molar-refractivity contribution in [2.24, 2.45) is 4.99 Å². The molecule has 0 atom stereocenters. The third-order valence-corrected chi connectivity index (χ3v) is 3.59. The molecule has 5 heteroatoms. The number of anilines is 1. The molecule has 0 heterocycles. The van der Waals surface area contributed by atoms with Crippen LogP contribution in [0.4, 0.5) is 11.4 Å². The van der Waals surface area contributed by atoms with Crippen LogP contribution in [0.5, 0.6) is 5.75 Å². The molecule has 0 aliphatic carbocycles. The van der Waals surface area contributed by atoms with Gasteiger partial charge in [0.15, 0.2) is 0 Å². The van der Waals surface area contributed by atoms with Gasteiger partial charge in [0.2, 0.25) is 0 Å². The molecule has 0 bridgehead atoms. The van der Waals surface area contributed by atoms with Crippen LogP contribution in [0.25, 0.3) is 0 Å². The molecule has 0 aliphatic rings. The number of carboxylic acid groups (broad SMARTS) is 1. The van der Waals surface area contributed by atoms with Crippen LogP contribution in [-0.4, -0.2) is 35.5 Å². The van der Waals surface area contributed by atoms with Gasteiger partial charge in [-0.25, -0.2) is 4.79 Å². The summed E-state index contributed by atoms with van der Waals surface area (Å²) in [5, 5.41) is 19.1. The lowest BCUT2D eigenvalue weighted by molar-refractivity contribution is 0.0697. The number of aromatic hydroxyl groups is 1. The van der Waals surface area contributed by atoms with Crippen molar-refractivity contribution in [1.82, 2.24) is 0 Å². The van der Waals surface area contributed by atoms with E-state index in [0.717, 1.165) is 18.8 Å². The fraction of sp³-hybridized carbons (Fsp3) is 0.222. The maximum Gasteiger partial charge on any atom is 0.335 e. The number of phenolic OH excluding ortho intramolecular Hbond substituents is 1. The molecule has 5 nitrogen and oxygen atoms in total. The summed E-state index contributed by atoms with van der Waals surface area (Å²) in [5.41, 5.74) is 2.25. The average Bonchev–Trinajstić information content (AvgIpc) is 2.55. The zero-order valence-corrected chi connectivity index (χ0v) is 13.2. The van der Waals surface area contributed by atoms with Gasteiger partial charge in [-0.05, 0) is 44.2 Å². The first-order chi connectivity index (χ1) is 11.0. The van der Waals surface area contributed by atoms with E-state index in [1.807, 2.05) is 6.07 Å². The Morgan fingerprint density at radius 3 is 2.52 bits per heavy atom. The van der Waals surface area contributed by atoms with Crippen LogP contribution in [0.2, 0.25) is 0 Å². The fourth-order valence-electron chi connectivity index (χ4n) is 2.29. The molecule has 0 radical (unpaired) electrons. The van der Waals surface area contributed by atoms with E-state index in [-0.39, 0.29) is 11.3 Å². The second kappa shape index (κ2) is 7.45. The topological polar surface area (TPSA) is 73.1 Å². The Kier molecular flexibility index (Phi) is 5.36. The maximum absolute atomic E-state index is 10.9. The number of carboxylic acids is 1. The van der Waals surface area contributed by atoms with Gasteiger partial charge in [-0.2, -0.15) is 0 Å². The molecule has 0 fully saturated rings. The Bertz CT molecular complexity index is 722. The molecule has 2 aromatic rings. The van der Waals surface area contributed by atoms with Crippen molar-refractivity contribution in [1.29, 1.82) is 0 Å². The third-order valence-electron chi connectivity index (χ3n) is 3.59. The maximum atomic E-state index is 10.9. The number of hydrogen-bond acceptors (Lipinski definition) is 4. The number of rotatable bonds is 6. The molecular formula is C18H20N2O3. The number of aliphatic imine (C=N–C) groups is 1. The molecule has 2 aromatic carbocycles. The summed E-state index contributed by atoms with van der Waals surface area (Å²) >= 11 is 0. The van der Waals surface area contributed by atoms with Gasteiger partial charge in [-0.3, -0.25) is 4.99 Å². The average molecular weight is 312 g/mol. The lowest BCUT2D eigenvalue weighted by atomic mass is 10.1. The summed E-state index contributed by atoms with van der Waals surface area (Å²) in [6.07, 6.45) is 1.53. The van der Waals surface area contributed by atoms with Gasteiger partial charge in [0.25, 0.3) is 0 Å². The van der Waals surface area contributed by atoms with Crippen molar-refractivity contribution in [3.8, 4) is 5.75 Å². The summed E-state index contributed by atoms with van der Waals surface area (Å²) < 4.78 is 0. The summed E-state index contributed by atoms with van der Waals surface area (Å²) in [7, 11) is 0. The van der Waals surface area contributed by atoms with Crippen LogP contribution in [0.1, 0.15) is 29.8 Å². The standard InChI is InChI=1S/C18H20N2O3/c1-3-20(4-2)16-9-8-14(17(21)11-16)12-19-15-7-5-6-13(10-15)18(22)23/h5-12,21H,3-4H2,1-2H3,(H,22,23). The highest BCUT2D eigenvalue weighted by molar-refractivity contribution is 5.90. The zero-order valence-electron chi connectivity index (χ0n) is 13.2. The highest BCUT2D eigenvalue weighted by atomic mass is 16.4. The van der Waals surface area contributed by atoms with Crippen molar-refractivity contribution >= 4 is 23.6 Å². The summed E-state index contributed by atoms with van der Waals surface area (Å²) in [6.45, 7) is 5.85. The molecule has 0 aliphatic heterocycles. The quantitative estimate of drug-likeness (QED) is 0.798. The lowest BCUT2D eigenvalue weighted by Gasteiger charge is -2.21. The molecule has 0 aromatic heterocycles. The molecule has 23 heavy (non-hydrogen) atoms. The molecule has 120 valence electrons. The molecule has 0 amide bonds. The van der Waals surface area contributed by atoms with Gasteiger partial charge in [-0.15, -0.1) is 0 Å². The highest BCUT2D eigenvalue weighted by Crippen LogP contribution is 2.24. The Hall–Kier alpha value is -2.82. The summed E-state index contributed by atoms with van der Waals surface area (Å²) in [6, 6.07) is 11.8. The minimum absolute atomic E-state index is 0.146. The number of phenols is 1. The van der Waals surface area contributed by atoms with E-state index in [4.69, 9.17) is 5.11 Å². The van der Waals surface area contributed by atoms with Gasteiger partial charge in [-0.1, -0.05) is 6.07 Å². The first kappa shape index (κ1) is 16.5. The van der Waals surface area contributed by atoms with E-state index in [2.05, 4.69) is 23.7 Å². The van der Waals surface area contributed by atoms with Gasteiger partial charge < -0.3 is 15.1 Å². The Labute approximate surface area is 135 Å². The van der Waals surface area contributed by atoms with Gasteiger partial charge in [0.05, 0.1) is 11.3 Å². The van der Waals surface area contributed by atoms with Crippen molar-refractivity contribution in [2.45, 2.75) is 13.8 Å². The number of carbonyl (C=O) groups is 1. The molecule has 2 N–H and O–H groups in total. The smallest absolute Gasteiger partial charge is 0.335 e. The predicted molar refractivity (Wildman–Crippen MR) is 92.3 cm³/mol. The molecule has 2 rings (SSSR count). The van der Waals surface area contributed by atoms with E-state index in [1.54, 1.807) is 24.3 Å². The molecule has 0 saturated heterocycles. The van der Waals surface area contributed by atoms with Crippen molar-refractivity contribution in [3.05, 3.63) is 53.6 Å². The Morgan fingerprint density at radius 2 is 1.91 bits per heavy atom. The summed E-state index contributed by atoms with van der Waals surface area (Å²) in [4.78, 5) is 17.3. The van der Waals surface area contributed by atoms with Crippen molar-refractivity contribution in [3.63, 3.8) is 0 Å². The number of nitrogens with zero attached hydrogens (tertiary/aromatic N) is 2. The van der Waals surface area contributed by atoms with E-state index in [9.17, 15) is 9.90 Å². The fourth-order valence-corrected chi connectivity index (χ4v) is 2.29. The molecule has 0 unspecified atom stereocenters. The van der Waals surface area contributed by atoms with E-state index >= 15 is 0 Å². The zero-order chi connectivity index (χ0) is 16.8. The van der Waals surface area contributed by atoms with Crippen LogP contribution in [-0.2, 0) is 0 Å². The minimum Gasteiger partial charge on any atom is -0.507 e. The first-order valence-electron chi connectivity index (χ1n) is 7.50. The minimum atomic E-state index is -0.992. The second-order valence-electron chi connectivity index (χ2n) is 5.03. The Balaban J connectivity index is 2.23. The largest absolute Gasteiger partial charge is 0.507 e. The van der Waals surface area contributed by atoms with Gasteiger partial charge in [0, 0.05) is 36.6 Å². The normalized spacial score (nSPS) is 10.9. The second-order valence-corrected chi connectivity index (χ2v) is 5.03. The number of benzene rings is 2. The Morgan fingerprint density at radius 1 is 1.17 bits per heavy atom. The van der Waals surface area contributed by atoms with E-state index < -0.39 is 5.97 Å². The molecule has 0 spiro atoms. The van der Waals surface area contributed by atoms with Gasteiger partial charge in [0.1, 0.15) is 5.75 Å². The van der Waals surface area contributed by atoms with Crippen LogP contribution < -0.4 is 4.90 Å². The van der Waals surface area contributed by atoms with E-state index in [1.165, 1.54) is 18.3 Å². The molecular weight excluding hydrogens is 292 g/mol. The number of aromatic carboxylic acids is 1. The SMILES string of the molecule is CCN(CC)c1ccc(C=Nc2cccc(C(=O)O)c2)c(O)c1. The van der Waals surface area contributed by atoms with Gasteiger partial charge >= 0.3 is 5.97 Å². The summed E-state index contributed by atoms with van der Waals surface area (Å²) in [5.74, 6) is -0.846. The van der Waals surface area contributed by atoms with Crippen LogP contribution >= 0.6 is 0 Å². The molecule has 0 saturated carbocycles. The van der Waals surface area contributed by atoms with E-state index in [0.29, 0.717) is 11.3 Å². The van der Waals surface area contributed by atoms with Crippen molar-refractivity contribution < 1.29 is 15.0 Å². The number of hydrogen-bond donors (Lipinski definition) is 2. The monoisotopic (exact) mass is 312 g/mol.